The van der Waals surface area contributed by atoms with Gasteiger partial charge >= 0.3 is 0 Å². The van der Waals surface area contributed by atoms with Crippen molar-refractivity contribution in [1.29, 1.82) is 0 Å². The number of anilines is 1. The Morgan fingerprint density at radius 1 is 1.10 bits per heavy atom. The van der Waals surface area contributed by atoms with E-state index in [9.17, 15) is 13.2 Å². The molecule has 0 aliphatic carbocycles. The molecule has 3 rings (SSSR count). The first-order chi connectivity index (χ1) is 13.8. The summed E-state index contributed by atoms with van der Waals surface area (Å²) < 4.78 is 38.0. The van der Waals surface area contributed by atoms with E-state index in [1.54, 1.807) is 7.05 Å². The van der Waals surface area contributed by atoms with Gasteiger partial charge in [0.05, 0.1) is 30.8 Å². The first-order valence-corrected chi connectivity index (χ1v) is 10.8. The number of rotatable bonds is 5. The van der Waals surface area contributed by atoms with Gasteiger partial charge in [0.25, 0.3) is 5.91 Å². The summed E-state index contributed by atoms with van der Waals surface area (Å²) in [5.41, 5.74) is 2.94. The van der Waals surface area contributed by atoms with Crippen LogP contribution in [0.5, 0.6) is 5.75 Å². The van der Waals surface area contributed by atoms with Crippen LogP contribution in [0.25, 0.3) is 0 Å². The molecule has 0 N–H and O–H groups in total. The highest BCUT2D eigenvalue weighted by atomic mass is 32.2. The molecule has 156 valence electrons. The maximum absolute atomic E-state index is 13.3. The molecule has 2 aromatic carbocycles. The lowest BCUT2D eigenvalue weighted by Gasteiger charge is -2.26. The lowest BCUT2D eigenvalue weighted by atomic mass is 10.1. The topological polar surface area (TPSA) is 76.1 Å². The minimum absolute atomic E-state index is 0.0675. The Kier molecular flexibility index (Phi) is 6.26. The van der Waals surface area contributed by atoms with Crippen molar-refractivity contribution in [2.24, 2.45) is 0 Å². The molecule has 0 radical (unpaired) electrons. The van der Waals surface area contributed by atoms with Crippen LogP contribution in [0.4, 0.5) is 5.69 Å². The number of benzene rings is 2. The third kappa shape index (κ3) is 4.29. The number of ether oxygens (including phenoxy) is 2. The Morgan fingerprint density at radius 3 is 2.45 bits per heavy atom. The number of sulfonamides is 1. The molecule has 7 nitrogen and oxygen atoms in total. The third-order valence-corrected chi connectivity index (χ3v) is 6.93. The van der Waals surface area contributed by atoms with Crippen molar-refractivity contribution in [2.75, 3.05) is 45.4 Å². The molecule has 1 aliphatic heterocycles. The second kappa shape index (κ2) is 8.52. The smallest absolute Gasteiger partial charge is 0.261 e. The van der Waals surface area contributed by atoms with Crippen LogP contribution in [0, 0.1) is 13.8 Å². The average Bonchev–Trinajstić information content (AvgIpc) is 2.74. The van der Waals surface area contributed by atoms with Gasteiger partial charge in [0.1, 0.15) is 5.75 Å². The predicted molar refractivity (Wildman–Crippen MR) is 111 cm³/mol. The molecule has 1 heterocycles. The Bertz CT molecular complexity index is 1010. The number of hydrogen-bond donors (Lipinski definition) is 0. The van der Waals surface area contributed by atoms with Crippen LogP contribution < -0.4 is 9.64 Å². The maximum atomic E-state index is 13.3. The molecule has 1 amide bonds. The molecule has 1 saturated heterocycles. The van der Waals surface area contributed by atoms with Crippen molar-refractivity contribution >= 4 is 21.6 Å². The van der Waals surface area contributed by atoms with E-state index in [1.807, 2.05) is 32.0 Å². The van der Waals surface area contributed by atoms with E-state index in [4.69, 9.17) is 9.47 Å². The van der Waals surface area contributed by atoms with E-state index in [1.165, 1.54) is 34.5 Å². The van der Waals surface area contributed by atoms with Crippen LogP contribution in [-0.4, -0.2) is 59.1 Å². The fraction of sp³-hybridized carbons (Fsp3) is 0.381. The van der Waals surface area contributed by atoms with Gasteiger partial charge in [0, 0.05) is 25.8 Å². The predicted octanol–water partition coefficient (Wildman–Crippen LogP) is 2.61. The number of morpholine rings is 1. The van der Waals surface area contributed by atoms with Crippen LogP contribution in [0.1, 0.15) is 21.5 Å². The summed E-state index contributed by atoms with van der Waals surface area (Å²) in [7, 11) is -0.589. The van der Waals surface area contributed by atoms with Gasteiger partial charge in [-0.15, -0.1) is 0 Å². The first kappa shape index (κ1) is 21.3. The second-order valence-electron chi connectivity index (χ2n) is 7.03. The molecule has 0 unspecified atom stereocenters. The van der Waals surface area contributed by atoms with E-state index in [2.05, 4.69) is 0 Å². The van der Waals surface area contributed by atoms with Crippen LogP contribution in [-0.2, 0) is 14.8 Å². The van der Waals surface area contributed by atoms with E-state index in [0.717, 1.165) is 16.8 Å². The molecule has 1 aliphatic rings. The fourth-order valence-corrected chi connectivity index (χ4v) is 4.76. The molecule has 0 saturated carbocycles. The monoisotopic (exact) mass is 418 g/mol. The van der Waals surface area contributed by atoms with Gasteiger partial charge in [-0.25, -0.2) is 8.42 Å². The van der Waals surface area contributed by atoms with Crippen LogP contribution in [0.15, 0.2) is 41.3 Å². The highest BCUT2D eigenvalue weighted by molar-refractivity contribution is 7.89. The Morgan fingerprint density at radius 2 is 1.79 bits per heavy atom. The minimum atomic E-state index is -3.72. The average molecular weight is 419 g/mol. The van der Waals surface area contributed by atoms with Gasteiger partial charge in [0.2, 0.25) is 10.0 Å². The molecule has 0 aromatic heterocycles. The Hall–Kier alpha value is -2.42. The van der Waals surface area contributed by atoms with E-state index in [-0.39, 0.29) is 16.4 Å². The summed E-state index contributed by atoms with van der Waals surface area (Å²) in [5.74, 6) is -0.0114. The summed E-state index contributed by atoms with van der Waals surface area (Å²) in [6.07, 6.45) is 0. The molecule has 8 heteroatoms. The number of carbonyl (C=O) groups excluding carboxylic acids is 1. The molecule has 0 atom stereocenters. The Balaban J connectivity index is 2.00. The zero-order chi connectivity index (χ0) is 21.2. The molecule has 1 fully saturated rings. The SMILES string of the molecule is COc1ccc(S(=O)(=O)N2CCOCC2)cc1C(=O)N(C)c1cc(C)ccc1C. The van der Waals surface area contributed by atoms with Gasteiger partial charge in [-0.2, -0.15) is 4.31 Å². The van der Waals surface area contributed by atoms with Gasteiger partial charge in [0.15, 0.2) is 0 Å². The largest absolute Gasteiger partial charge is 0.496 e. The highest BCUT2D eigenvalue weighted by Crippen LogP contribution is 2.29. The Labute approximate surface area is 171 Å². The van der Waals surface area contributed by atoms with Gasteiger partial charge < -0.3 is 14.4 Å². The maximum Gasteiger partial charge on any atom is 0.261 e. The first-order valence-electron chi connectivity index (χ1n) is 9.37. The number of nitrogens with zero attached hydrogens (tertiary/aromatic N) is 2. The summed E-state index contributed by atoms with van der Waals surface area (Å²) >= 11 is 0. The van der Waals surface area contributed by atoms with Crippen LogP contribution in [0.3, 0.4) is 0 Å². The van der Waals surface area contributed by atoms with Crippen LogP contribution in [0.2, 0.25) is 0 Å². The zero-order valence-corrected chi connectivity index (χ0v) is 18.0. The van der Waals surface area contributed by atoms with Crippen molar-refractivity contribution in [2.45, 2.75) is 18.7 Å². The van der Waals surface area contributed by atoms with E-state index in [0.29, 0.717) is 32.1 Å². The summed E-state index contributed by atoms with van der Waals surface area (Å²) in [6, 6.07) is 10.2. The van der Waals surface area contributed by atoms with Crippen molar-refractivity contribution < 1.29 is 22.7 Å². The normalized spacial score (nSPS) is 15.2. The van der Waals surface area contributed by atoms with Gasteiger partial charge in [-0.05, 0) is 49.2 Å². The van der Waals surface area contributed by atoms with Crippen molar-refractivity contribution in [3.8, 4) is 5.75 Å². The van der Waals surface area contributed by atoms with E-state index < -0.39 is 10.0 Å². The van der Waals surface area contributed by atoms with Crippen molar-refractivity contribution in [1.82, 2.24) is 4.31 Å². The molecule has 0 bridgehead atoms. The fourth-order valence-electron chi connectivity index (χ4n) is 3.32. The van der Waals surface area contributed by atoms with Gasteiger partial charge in [-0.3, -0.25) is 4.79 Å². The van der Waals surface area contributed by atoms with E-state index >= 15 is 0 Å². The number of amides is 1. The van der Waals surface area contributed by atoms with Gasteiger partial charge in [-0.1, -0.05) is 12.1 Å². The number of carbonyl (C=O) groups is 1. The lowest BCUT2D eigenvalue weighted by Crippen LogP contribution is -2.40. The zero-order valence-electron chi connectivity index (χ0n) is 17.1. The molecule has 2 aromatic rings. The van der Waals surface area contributed by atoms with Crippen molar-refractivity contribution in [3.63, 3.8) is 0 Å². The summed E-state index contributed by atoms with van der Waals surface area (Å²) in [6.45, 7) is 5.18. The number of hydrogen-bond acceptors (Lipinski definition) is 5. The third-order valence-electron chi connectivity index (χ3n) is 5.04. The molecular weight excluding hydrogens is 392 g/mol. The van der Waals surface area contributed by atoms with Crippen LogP contribution >= 0.6 is 0 Å². The minimum Gasteiger partial charge on any atom is -0.496 e. The highest BCUT2D eigenvalue weighted by Gasteiger charge is 2.29. The molecule has 0 spiro atoms. The summed E-state index contributed by atoms with van der Waals surface area (Å²) in [4.78, 5) is 14.8. The second-order valence-corrected chi connectivity index (χ2v) is 8.97. The number of methoxy groups -OCH3 is 1. The quantitative estimate of drug-likeness (QED) is 0.746. The van der Waals surface area contributed by atoms with Crippen molar-refractivity contribution in [3.05, 3.63) is 53.1 Å². The molecular formula is C21H26N2O5S. The number of aryl methyl sites for hydroxylation is 2. The summed E-state index contributed by atoms with van der Waals surface area (Å²) in [5, 5.41) is 0. The lowest BCUT2D eigenvalue weighted by molar-refractivity contribution is 0.0730. The standard InChI is InChI=1S/C21H26N2O5S/c1-15-5-6-16(2)19(13-15)22(3)21(24)18-14-17(7-8-20(18)27-4)29(25,26)23-9-11-28-12-10-23/h5-8,13-14H,9-12H2,1-4H3. The molecule has 29 heavy (non-hydrogen) atoms.